The molecule has 0 aliphatic rings. The zero-order chi connectivity index (χ0) is 19.1. The van der Waals surface area contributed by atoms with Crippen LogP contribution in [0.1, 0.15) is 44.7 Å². The maximum absolute atomic E-state index is 11.6. The third-order valence-electron chi connectivity index (χ3n) is 4.06. The number of alkyl carbamates (subject to hydrolysis) is 1. The highest BCUT2D eigenvalue weighted by molar-refractivity contribution is 5.68. The Hall–Kier alpha value is -2.56. The largest absolute Gasteiger partial charge is 0.450 e. The molecule has 0 fully saturated rings. The number of aromatic amines is 1. The molecular weight excluding hydrogens is 326 g/mol. The fraction of sp³-hybridized carbons (Fsp3) is 0.429. The molecule has 0 saturated carbocycles. The van der Waals surface area contributed by atoms with Gasteiger partial charge in [-0.15, -0.1) is 0 Å². The number of imidazole rings is 1. The summed E-state index contributed by atoms with van der Waals surface area (Å²) >= 11 is 0. The first-order chi connectivity index (χ1) is 12.4. The van der Waals surface area contributed by atoms with Crippen LogP contribution >= 0.6 is 0 Å². The molecule has 2 N–H and O–H groups in total. The minimum Gasteiger partial charge on any atom is -0.450 e. The van der Waals surface area contributed by atoms with Gasteiger partial charge in [-0.25, -0.2) is 9.78 Å². The molecule has 2 rings (SSSR count). The Labute approximate surface area is 155 Å². The van der Waals surface area contributed by atoms with Crippen LogP contribution in [0.3, 0.4) is 0 Å². The van der Waals surface area contributed by atoms with Crippen LogP contribution < -0.4 is 16.0 Å². The number of aromatic nitrogens is 2. The summed E-state index contributed by atoms with van der Waals surface area (Å²) in [5.41, 5.74) is 3.51. The van der Waals surface area contributed by atoms with E-state index in [-0.39, 0.29) is 6.04 Å². The first-order valence-electron chi connectivity index (χ1n) is 9.23. The predicted molar refractivity (Wildman–Crippen MR) is 106 cm³/mol. The van der Waals surface area contributed by atoms with Gasteiger partial charge in [0.25, 0.3) is 0 Å². The van der Waals surface area contributed by atoms with Crippen molar-refractivity contribution in [2.24, 2.45) is 0 Å². The molecule has 1 amide bonds. The summed E-state index contributed by atoms with van der Waals surface area (Å²) in [7, 11) is 0. The molecule has 1 aromatic carbocycles. The highest BCUT2D eigenvalue weighted by atomic mass is 16.5. The highest BCUT2D eigenvalue weighted by Gasteiger charge is 2.08. The smallest absolute Gasteiger partial charge is 0.407 e. The Bertz CT molecular complexity index is 868. The molecule has 0 saturated heterocycles. The van der Waals surface area contributed by atoms with Crippen LogP contribution in [0.2, 0.25) is 0 Å². The summed E-state index contributed by atoms with van der Waals surface area (Å²) in [5.74, 6) is 0.847. The lowest BCUT2D eigenvalue weighted by molar-refractivity contribution is 0.151. The minimum atomic E-state index is -0.413. The third kappa shape index (κ3) is 5.22. The fourth-order valence-electron chi connectivity index (χ4n) is 2.82. The highest BCUT2D eigenvalue weighted by Crippen LogP contribution is 2.19. The number of benzene rings is 1. The Kier molecular flexibility index (Phi) is 7.01. The number of rotatable bonds is 6. The average Bonchev–Trinajstić information content (AvgIpc) is 2.95. The normalized spacial score (nSPS) is 13.7. The molecule has 0 bridgehead atoms. The van der Waals surface area contributed by atoms with Crippen molar-refractivity contribution in [3.05, 3.63) is 40.0 Å². The number of hydrogen-bond acceptors (Lipinski definition) is 3. The van der Waals surface area contributed by atoms with E-state index >= 15 is 0 Å². The molecule has 140 valence electrons. The van der Waals surface area contributed by atoms with E-state index in [2.05, 4.69) is 55.3 Å². The number of carbonyl (C=O) groups excluding carboxylic acids is 1. The number of aryl methyl sites for hydroxylation is 2. The van der Waals surface area contributed by atoms with Crippen molar-refractivity contribution in [3.63, 3.8) is 0 Å². The number of unbranched alkanes of at least 4 members (excludes halogenated alkanes) is 1. The quantitative estimate of drug-likeness (QED) is 0.836. The van der Waals surface area contributed by atoms with E-state index in [1.54, 1.807) is 6.92 Å². The van der Waals surface area contributed by atoms with Crippen LogP contribution in [-0.4, -0.2) is 28.7 Å². The van der Waals surface area contributed by atoms with Gasteiger partial charge in [0, 0.05) is 11.6 Å². The molecule has 0 radical (unpaired) electrons. The van der Waals surface area contributed by atoms with E-state index in [4.69, 9.17) is 9.72 Å². The second kappa shape index (κ2) is 9.22. The van der Waals surface area contributed by atoms with Gasteiger partial charge in [0.05, 0.1) is 17.3 Å². The summed E-state index contributed by atoms with van der Waals surface area (Å²) in [6.45, 7) is 10.4. The zero-order valence-corrected chi connectivity index (χ0v) is 16.3. The summed E-state index contributed by atoms with van der Waals surface area (Å²) in [6, 6.07) is 6.17. The van der Waals surface area contributed by atoms with Crippen molar-refractivity contribution < 1.29 is 9.53 Å². The van der Waals surface area contributed by atoms with Crippen molar-refractivity contribution in [1.82, 2.24) is 15.3 Å². The van der Waals surface area contributed by atoms with Gasteiger partial charge in [-0.05, 0) is 45.8 Å². The van der Waals surface area contributed by atoms with Gasteiger partial charge in [0.2, 0.25) is 0 Å². The van der Waals surface area contributed by atoms with Gasteiger partial charge in [0.1, 0.15) is 5.82 Å². The van der Waals surface area contributed by atoms with Crippen molar-refractivity contribution in [2.75, 3.05) is 6.61 Å². The lowest BCUT2D eigenvalue weighted by Gasteiger charge is -2.08. The topological polar surface area (TPSA) is 67.0 Å². The van der Waals surface area contributed by atoms with Crippen molar-refractivity contribution in [3.8, 4) is 11.4 Å². The van der Waals surface area contributed by atoms with Crippen LogP contribution in [0.25, 0.3) is 23.5 Å². The molecule has 5 heteroatoms. The van der Waals surface area contributed by atoms with Crippen molar-refractivity contribution in [1.29, 1.82) is 0 Å². The number of ether oxygens (including phenoxy) is 1. The van der Waals surface area contributed by atoms with Crippen LogP contribution in [0, 0.1) is 13.8 Å². The van der Waals surface area contributed by atoms with Crippen molar-refractivity contribution >= 4 is 18.2 Å². The molecule has 26 heavy (non-hydrogen) atoms. The predicted octanol–water partition coefficient (Wildman–Crippen LogP) is 3.19. The van der Waals surface area contributed by atoms with Gasteiger partial charge in [-0.2, -0.15) is 0 Å². The van der Waals surface area contributed by atoms with Crippen LogP contribution in [0.5, 0.6) is 0 Å². The Balaban J connectivity index is 2.43. The first kappa shape index (κ1) is 19.8. The Morgan fingerprint density at radius 1 is 1.35 bits per heavy atom. The lowest BCUT2D eigenvalue weighted by Crippen LogP contribution is -2.35. The van der Waals surface area contributed by atoms with Crippen molar-refractivity contribution in [2.45, 2.75) is 53.5 Å². The third-order valence-corrected chi connectivity index (χ3v) is 4.06. The number of carbonyl (C=O) groups is 1. The first-order valence-corrected chi connectivity index (χ1v) is 9.23. The van der Waals surface area contributed by atoms with Gasteiger partial charge in [-0.1, -0.05) is 43.2 Å². The minimum absolute atomic E-state index is 0.171. The number of nitrogens with zero attached hydrogens (tertiary/aromatic N) is 1. The molecule has 0 spiro atoms. The maximum Gasteiger partial charge on any atom is 0.407 e. The monoisotopic (exact) mass is 355 g/mol. The van der Waals surface area contributed by atoms with E-state index < -0.39 is 6.09 Å². The molecule has 2 aromatic rings. The van der Waals surface area contributed by atoms with E-state index in [0.29, 0.717) is 6.61 Å². The molecule has 1 heterocycles. The maximum atomic E-state index is 11.6. The fourth-order valence-corrected chi connectivity index (χ4v) is 2.82. The number of H-pyrrole nitrogens is 1. The van der Waals surface area contributed by atoms with Gasteiger partial charge in [-0.3, -0.25) is 0 Å². The van der Waals surface area contributed by atoms with E-state index in [1.807, 2.05) is 13.0 Å². The van der Waals surface area contributed by atoms with Gasteiger partial charge in [0.15, 0.2) is 0 Å². The van der Waals surface area contributed by atoms with E-state index in [1.165, 1.54) is 11.1 Å². The molecule has 1 unspecified atom stereocenters. The summed E-state index contributed by atoms with van der Waals surface area (Å²) in [5, 5.41) is 4.63. The molecule has 0 aliphatic carbocycles. The molecular formula is C21H29N3O2. The SMILES string of the molecule is CCC/C=c1/nc(-c2ccc(C)cc2C)[nH]/c1=C/C(C)NC(=O)OCC. The van der Waals surface area contributed by atoms with Crippen LogP contribution in [0.15, 0.2) is 18.2 Å². The van der Waals surface area contributed by atoms with Gasteiger partial charge >= 0.3 is 6.09 Å². The van der Waals surface area contributed by atoms with Crippen LogP contribution in [-0.2, 0) is 4.74 Å². The molecule has 0 aliphatic heterocycles. The summed E-state index contributed by atoms with van der Waals surface area (Å²) < 4.78 is 4.94. The summed E-state index contributed by atoms with van der Waals surface area (Å²) in [6.07, 6.45) is 5.70. The second-order valence-electron chi connectivity index (χ2n) is 6.52. The lowest BCUT2D eigenvalue weighted by atomic mass is 10.1. The second-order valence-corrected chi connectivity index (χ2v) is 6.52. The standard InChI is InChI=1S/C21H29N3O2/c1-6-8-9-18-19(13-16(5)22-21(25)26-7-2)24-20(23-18)17-11-10-14(3)12-15(17)4/h9-13,16H,6-8H2,1-5H3,(H,22,25)(H,23,24)/b18-9+,19-13+. The number of amides is 1. The van der Waals surface area contributed by atoms with E-state index in [9.17, 15) is 4.79 Å². The van der Waals surface area contributed by atoms with Gasteiger partial charge < -0.3 is 15.0 Å². The van der Waals surface area contributed by atoms with Crippen LogP contribution in [0.4, 0.5) is 4.79 Å². The molecule has 5 nitrogen and oxygen atoms in total. The Morgan fingerprint density at radius 2 is 2.12 bits per heavy atom. The summed E-state index contributed by atoms with van der Waals surface area (Å²) in [4.78, 5) is 19.8. The zero-order valence-electron chi connectivity index (χ0n) is 16.3. The Morgan fingerprint density at radius 3 is 2.77 bits per heavy atom. The molecule has 1 aromatic heterocycles. The average molecular weight is 355 g/mol. The number of nitrogens with one attached hydrogen (secondary N) is 2. The molecule has 1 atom stereocenters. The number of hydrogen-bond donors (Lipinski definition) is 2. The van der Waals surface area contributed by atoms with E-state index in [0.717, 1.165) is 34.9 Å².